The summed E-state index contributed by atoms with van der Waals surface area (Å²) in [7, 11) is 1.86. The van der Waals surface area contributed by atoms with Gasteiger partial charge >= 0.3 is 5.97 Å². The Morgan fingerprint density at radius 1 is 1.40 bits per heavy atom. The van der Waals surface area contributed by atoms with Gasteiger partial charge in [-0.25, -0.2) is 4.79 Å². The second kappa shape index (κ2) is 4.76. The summed E-state index contributed by atoms with van der Waals surface area (Å²) in [6, 6.07) is 5.68. The zero-order valence-electron chi connectivity index (χ0n) is 11.1. The molecule has 0 bridgehead atoms. The first kappa shape index (κ1) is 12.3. The highest BCUT2D eigenvalue weighted by atomic mass is 16.5. The van der Waals surface area contributed by atoms with E-state index in [0.29, 0.717) is 12.3 Å². The number of aryl methyl sites for hydroxylation is 1. The second-order valence-electron chi connectivity index (χ2n) is 4.32. The van der Waals surface area contributed by atoms with Crippen molar-refractivity contribution in [2.24, 2.45) is 7.05 Å². The van der Waals surface area contributed by atoms with E-state index < -0.39 is 5.97 Å². The minimum absolute atomic E-state index is 0.183. The molecule has 0 atom stereocenters. The predicted octanol–water partition coefficient (Wildman–Crippen LogP) is 1.54. The number of aromatic nitrogens is 5. The van der Waals surface area contributed by atoms with Crippen LogP contribution in [-0.2, 0) is 11.8 Å². The van der Waals surface area contributed by atoms with Gasteiger partial charge in [0.05, 0.1) is 12.1 Å². The molecular formula is C13H13N5O2. The van der Waals surface area contributed by atoms with Crippen LogP contribution in [0.1, 0.15) is 17.4 Å². The number of aromatic amines is 1. The number of carbonyl (C=O) groups is 1. The fourth-order valence-electron chi connectivity index (χ4n) is 2.06. The molecule has 0 amide bonds. The Balaban J connectivity index is 2.06. The number of benzene rings is 1. The number of ether oxygens (including phenoxy) is 1. The third-order valence-corrected chi connectivity index (χ3v) is 2.91. The second-order valence-corrected chi connectivity index (χ2v) is 4.32. The van der Waals surface area contributed by atoms with Crippen molar-refractivity contribution >= 4 is 16.9 Å². The van der Waals surface area contributed by atoms with E-state index in [1.807, 2.05) is 31.4 Å². The molecule has 1 N–H and O–H groups in total. The number of rotatable bonds is 3. The molecule has 0 fully saturated rings. The number of carbonyl (C=O) groups excluding carboxylic acids is 1. The normalized spacial score (nSPS) is 10.9. The first-order valence-electron chi connectivity index (χ1n) is 6.20. The van der Waals surface area contributed by atoms with Gasteiger partial charge in [0.15, 0.2) is 5.69 Å². The van der Waals surface area contributed by atoms with E-state index >= 15 is 0 Å². The summed E-state index contributed by atoms with van der Waals surface area (Å²) in [6.07, 6.45) is 1.92. The quantitative estimate of drug-likeness (QED) is 0.730. The molecule has 1 aromatic carbocycles. The van der Waals surface area contributed by atoms with Crippen LogP contribution in [0, 0.1) is 0 Å². The van der Waals surface area contributed by atoms with E-state index in [9.17, 15) is 4.79 Å². The van der Waals surface area contributed by atoms with Crippen LogP contribution in [0.4, 0.5) is 0 Å². The van der Waals surface area contributed by atoms with Gasteiger partial charge in [0.25, 0.3) is 0 Å². The van der Waals surface area contributed by atoms with E-state index in [1.54, 1.807) is 11.6 Å². The molecule has 0 aliphatic rings. The Labute approximate surface area is 114 Å². The highest BCUT2D eigenvalue weighted by Gasteiger charge is 2.19. The lowest BCUT2D eigenvalue weighted by atomic mass is 10.1. The Morgan fingerprint density at radius 2 is 2.25 bits per heavy atom. The number of nitrogens with one attached hydrogen (secondary N) is 1. The monoisotopic (exact) mass is 271 g/mol. The number of hydrogen-bond acceptors (Lipinski definition) is 5. The van der Waals surface area contributed by atoms with Gasteiger partial charge in [-0.1, -0.05) is 12.1 Å². The highest BCUT2D eigenvalue weighted by molar-refractivity contribution is 5.95. The molecule has 0 spiro atoms. The van der Waals surface area contributed by atoms with E-state index in [2.05, 4.69) is 20.5 Å². The minimum atomic E-state index is -0.489. The van der Waals surface area contributed by atoms with Crippen molar-refractivity contribution in [3.8, 4) is 11.3 Å². The van der Waals surface area contributed by atoms with Crippen LogP contribution in [0.25, 0.3) is 22.2 Å². The molecule has 0 saturated heterocycles. The largest absolute Gasteiger partial charge is 0.461 e. The highest BCUT2D eigenvalue weighted by Crippen LogP contribution is 2.24. The average Bonchev–Trinajstić information content (AvgIpc) is 3.02. The summed E-state index contributed by atoms with van der Waals surface area (Å²) >= 11 is 0. The maximum atomic E-state index is 11.8. The van der Waals surface area contributed by atoms with Crippen molar-refractivity contribution in [2.75, 3.05) is 6.61 Å². The smallest absolute Gasteiger partial charge is 0.361 e. The molecule has 0 saturated carbocycles. The fraction of sp³-hybridized carbons (Fsp3) is 0.231. The number of hydrogen-bond donors (Lipinski definition) is 1. The molecule has 2 aromatic heterocycles. The Kier molecular flexibility index (Phi) is 2.94. The lowest BCUT2D eigenvalue weighted by Crippen LogP contribution is -2.06. The molecular weight excluding hydrogens is 258 g/mol. The predicted molar refractivity (Wildman–Crippen MR) is 72.0 cm³/mol. The van der Waals surface area contributed by atoms with Crippen LogP contribution in [0.5, 0.6) is 0 Å². The van der Waals surface area contributed by atoms with E-state index in [-0.39, 0.29) is 5.69 Å². The molecule has 0 aliphatic carbocycles. The fourth-order valence-corrected chi connectivity index (χ4v) is 2.06. The third-order valence-electron chi connectivity index (χ3n) is 2.91. The maximum absolute atomic E-state index is 11.8. The van der Waals surface area contributed by atoms with Crippen molar-refractivity contribution in [3.05, 3.63) is 30.1 Å². The Hall–Kier alpha value is -2.70. The topological polar surface area (TPSA) is 85.7 Å². The molecule has 7 heteroatoms. The molecule has 7 nitrogen and oxygen atoms in total. The summed E-state index contributed by atoms with van der Waals surface area (Å²) in [5, 5.41) is 15.7. The van der Waals surface area contributed by atoms with Crippen LogP contribution in [0.2, 0.25) is 0 Å². The number of esters is 1. The van der Waals surface area contributed by atoms with Crippen LogP contribution >= 0.6 is 0 Å². The van der Waals surface area contributed by atoms with Gasteiger partial charge < -0.3 is 4.74 Å². The average molecular weight is 271 g/mol. The summed E-state index contributed by atoms with van der Waals surface area (Å²) < 4.78 is 6.70. The summed E-state index contributed by atoms with van der Waals surface area (Å²) in [5.74, 6) is -0.489. The van der Waals surface area contributed by atoms with Crippen molar-refractivity contribution in [3.63, 3.8) is 0 Å². The minimum Gasteiger partial charge on any atom is -0.461 e. The molecule has 102 valence electrons. The molecule has 0 unspecified atom stereocenters. The van der Waals surface area contributed by atoms with E-state index in [0.717, 1.165) is 16.5 Å². The zero-order chi connectivity index (χ0) is 14.1. The lowest BCUT2D eigenvalue weighted by Gasteiger charge is -2.01. The standard InChI is InChI=1S/C13H13N5O2/c1-3-20-13(19)12-11(14-17-15-12)8-4-5-9-7-18(2)16-10(9)6-8/h4-7H,3H2,1-2H3,(H,14,15,17). The first-order chi connectivity index (χ1) is 9.69. The molecule has 2 heterocycles. The van der Waals surface area contributed by atoms with Crippen LogP contribution < -0.4 is 0 Å². The van der Waals surface area contributed by atoms with Gasteiger partial charge in [-0.15, -0.1) is 5.10 Å². The van der Waals surface area contributed by atoms with Crippen molar-refractivity contribution < 1.29 is 9.53 Å². The molecule has 3 rings (SSSR count). The first-order valence-corrected chi connectivity index (χ1v) is 6.20. The SMILES string of the molecule is CCOC(=O)c1n[nH]nc1-c1ccc2cn(C)nc2c1. The van der Waals surface area contributed by atoms with Crippen molar-refractivity contribution in [1.29, 1.82) is 0 Å². The lowest BCUT2D eigenvalue weighted by molar-refractivity contribution is 0.0520. The molecule has 3 aromatic rings. The Bertz CT molecular complexity index is 774. The van der Waals surface area contributed by atoms with Gasteiger partial charge in [-0.2, -0.15) is 15.4 Å². The summed E-state index contributed by atoms with van der Waals surface area (Å²) in [4.78, 5) is 11.8. The maximum Gasteiger partial charge on any atom is 0.361 e. The number of nitrogens with zero attached hydrogens (tertiary/aromatic N) is 4. The van der Waals surface area contributed by atoms with Gasteiger partial charge in [0.1, 0.15) is 5.69 Å². The van der Waals surface area contributed by atoms with Crippen LogP contribution in [0.3, 0.4) is 0 Å². The zero-order valence-corrected chi connectivity index (χ0v) is 11.1. The van der Waals surface area contributed by atoms with Crippen LogP contribution in [-0.4, -0.2) is 37.8 Å². The van der Waals surface area contributed by atoms with Crippen molar-refractivity contribution in [2.45, 2.75) is 6.92 Å². The number of fused-ring (bicyclic) bond motifs is 1. The van der Waals surface area contributed by atoms with Crippen molar-refractivity contribution in [1.82, 2.24) is 25.2 Å². The van der Waals surface area contributed by atoms with E-state index in [1.165, 1.54) is 0 Å². The van der Waals surface area contributed by atoms with Gasteiger partial charge in [0, 0.05) is 24.2 Å². The number of H-pyrrole nitrogens is 1. The Morgan fingerprint density at radius 3 is 3.05 bits per heavy atom. The summed E-state index contributed by atoms with van der Waals surface area (Å²) in [6.45, 7) is 2.04. The van der Waals surface area contributed by atoms with Gasteiger partial charge in [-0.05, 0) is 13.0 Å². The van der Waals surface area contributed by atoms with E-state index in [4.69, 9.17) is 4.74 Å². The summed E-state index contributed by atoms with van der Waals surface area (Å²) in [5.41, 5.74) is 2.26. The third kappa shape index (κ3) is 2.03. The van der Waals surface area contributed by atoms with Crippen LogP contribution in [0.15, 0.2) is 24.4 Å². The van der Waals surface area contributed by atoms with Gasteiger partial charge in [-0.3, -0.25) is 4.68 Å². The molecule has 20 heavy (non-hydrogen) atoms. The molecule has 0 radical (unpaired) electrons. The molecule has 0 aliphatic heterocycles. The van der Waals surface area contributed by atoms with Gasteiger partial charge in [0.2, 0.25) is 0 Å².